The minimum absolute atomic E-state index is 0.191. The van der Waals surface area contributed by atoms with Crippen molar-refractivity contribution in [2.45, 2.75) is 24.9 Å². The maximum atomic E-state index is 11.9. The molecule has 0 saturated carbocycles. The van der Waals surface area contributed by atoms with Crippen LogP contribution in [-0.2, 0) is 19.1 Å². The first-order valence-electron chi connectivity index (χ1n) is 5.94. The predicted molar refractivity (Wildman–Crippen MR) is 64.8 cm³/mol. The number of hydrogen-bond donors (Lipinski definition) is 3. The van der Waals surface area contributed by atoms with Gasteiger partial charge in [0.1, 0.15) is 11.6 Å². The zero-order valence-corrected chi connectivity index (χ0v) is 10.8. The molecule has 2 atom stereocenters. The minimum atomic E-state index is -1.01. The van der Waals surface area contributed by atoms with Crippen LogP contribution in [0.15, 0.2) is 0 Å². The van der Waals surface area contributed by atoms with E-state index in [4.69, 9.17) is 15.2 Å². The summed E-state index contributed by atoms with van der Waals surface area (Å²) in [6.07, 6.45) is 0.469. The molecule has 4 N–H and O–H groups in total. The van der Waals surface area contributed by atoms with Crippen molar-refractivity contribution in [2.75, 3.05) is 33.5 Å². The molecule has 1 fully saturated rings. The van der Waals surface area contributed by atoms with E-state index in [1.807, 2.05) is 0 Å². The van der Waals surface area contributed by atoms with Gasteiger partial charge in [0.05, 0.1) is 13.2 Å². The van der Waals surface area contributed by atoms with E-state index in [9.17, 15) is 9.59 Å². The number of rotatable bonds is 6. The third kappa shape index (κ3) is 3.94. The Labute approximate surface area is 106 Å². The Morgan fingerprint density at radius 2 is 2.28 bits per heavy atom. The summed E-state index contributed by atoms with van der Waals surface area (Å²) < 4.78 is 9.91. The molecular formula is C11H21N3O4. The van der Waals surface area contributed by atoms with Gasteiger partial charge in [0.2, 0.25) is 11.8 Å². The number of nitrogens with one attached hydrogen (secondary N) is 2. The van der Waals surface area contributed by atoms with Crippen molar-refractivity contribution < 1.29 is 19.1 Å². The molecule has 0 aromatic heterocycles. The van der Waals surface area contributed by atoms with Crippen molar-refractivity contribution >= 4 is 11.8 Å². The van der Waals surface area contributed by atoms with Crippen molar-refractivity contribution in [1.82, 2.24) is 10.6 Å². The second-order valence-corrected chi connectivity index (χ2v) is 4.44. The van der Waals surface area contributed by atoms with Crippen LogP contribution >= 0.6 is 0 Å². The average Bonchev–Trinajstić information content (AvgIpc) is 2.77. The molecular weight excluding hydrogens is 238 g/mol. The number of carbonyl (C=O) groups is 2. The highest BCUT2D eigenvalue weighted by atomic mass is 16.5. The third-order valence-electron chi connectivity index (χ3n) is 2.85. The Morgan fingerprint density at radius 1 is 1.56 bits per heavy atom. The Bertz CT molecular complexity index is 303. The molecule has 1 aliphatic rings. The van der Waals surface area contributed by atoms with Crippen molar-refractivity contribution in [3.63, 3.8) is 0 Å². The predicted octanol–water partition coefficient (Wildman–Crippen LogP) is -1.63. The maximum absolute atomic E-state index is 11.9. The van der Waals surface area contributed by atoms with Gasteiger partial charge in [-0.1, -0.05) is 0 Å². The molecule has 0 spiro atoms. The average molecular weight is 259 g/mol. The summed E-state index contributed by atoms with van der Waals surface area (Å²) in [5.41, 5.74) is 4.87. The molecule has 1 rings (SSSR count). The van der Waals surface area contributed by atoms with Crippen LogP contribution in [0.5, 0.6) is 0 Å². The fourth-order valence-corrected chi connectivity index (χ4v) is 1.60. The number of amides is 2. The highest BCUT2D eigenvalue weighted by Gasteiger charge is 2.39. The summed E-state index contributed by atoms with van der Waals surface area (Å²) in [6, 6.07) is -0.629. The minimum Gasteiger partial charge on any atom is -0.383 e. The van der Waals surface area contributed by atoms with E-state index in [1.165, 1.54) is 0 Å². The largest absolute Gasteiger partial charge is 0.383 e. The van der Waals surface area contributed by atoms with Crippen molar-refractivity contribution in [3.8, 4) is 0 Å². The fraction of sp³-hybridized carbons (Fsp3) is 0.818. The fourth-order valence-electron chi connectivity index (χ4n) is 1.60. The molecule has 2 unspecified atom stereocenters. The van der Waals surface area contributed by atoms with Gasteiger partial charge in [0, 0.05) is 20.3 Å². The lowest BCUT2D eigenvalue weighted by atomic mass is 9.99. The van der Waals surface area contributed by atoms with E-state index >= 15 is 0 Å². The standard InChI is InChI=1S/C11H21N3O4/c1-8(9(15)13-4-6-17-2)14-10(16)11(12)3-5-18-7-11/h8H,3-7,12H2,1-2H3,(H,13,15)(H,14,16). The van der Waals surface area contributed by atoms with Crippen LogP contribution in [0.3, 0.4) is 0 Å². The quantitative estimate of drug-likeness (QED) is 0.497. The molecule has 18 heavy (non-hydrogen) atoms. The normalized spacial score (nSPS) is 24.6. The second-order valence-electron chi connectivity index (χ2n) is 4.44. The number of carbonyl (C=O) groups excluding carboxylic acids is 2. The van der Waals surface area contributed by atoms with Crippen LogP contribution in [0.25, 0.3) is 0 Å². The zero-order chi connectivity index (χ0) is 13.6. The van der Waals surface area contributed by atoms with Gasteiger partial charge in [0.15, 0.2) is 0 Å². The van der Waals surface area contributed by atoms with Gasteiger partial charge in [-0.25, -0.2) is 0 Å². The summed E-state index contributed by atoms with van der Waals surface area (Å²) in [4.78, 5) is 23.5. The summed E-state index contributed by atoms with van der Waals surface area (Å²) in [5.74, 6) is -0.614. The van der Waals surface area contributed by atoms with Gasteiger partial charge in [-0.15, -0.1) is 0 Å². The van der Waals surface area contributed by atoms with E-state index < -0.39 is 11.6 Å². The van der Waals surface area contributed by atoms with Gasteiger partial charge >= 0.3 is 0 Å². The highest BCUT2D eigenvalue weighted by Crippen LogP contribution is 2.15. The number of methoxy groups -OCH3 is 1. The lowest BCUT2D eigenvalue weighted by Crippen LogP contribution is -2.58. The van der Waals surface area contributed by atoms with E-state index in [0.29, 0.717) is 26.2 Å². The number of hydrogen-bond acceptors (Lipinski definition) is 5. The lowest BCUT2D eigenvalue weighted by Gasteiger charge is -2.23. The first kappa shape index (κ1) is 14.9. The maximum Gasteiger partial charge on any atom is 0.243 e. The van der Waals surface area contributed by atoms with Gasteiger partial charge in [-0.2, -0.15) is 0 Å². The topological polar surface area (TPSA) is 103 Å². The Morgan fingerprint density at radius 3 is 2.83 bits per heavy atom. The van der Waals surface area contributed by atoms with Crippen molar-refractivity contribution in [2.24, 2.45) is 5.73 Å². The monoisotopic (exact) mass is 259 g/mol. The summed E-state index contributed by atoms with van der Waals surface area (Å²) in [7, 11) is 1.55. The van der Waals surface area contributed by atoms with Crippen molar-refractivity contribution in [3.05, 3.63) is 0 Å². The SMILES string of the molecule is COCCNC(=O)C(C)NC(=O)C1(N)CCOC1. The van der Waals surface area contributed by atoms with Gasteiger partial charge in [-0.3, -0.25) is 9.59 Å². The van der Waals surface area contributed by atoms with E-state index in [0.717, 1.165) is 0 Å². The summed E-state index contributed by atoms with van der Waals surface area (Å²) in [5, 5.41) is 5.23. The highest BCUT2D eigenvalue weighted by molar-refractivity contribution is 5.92. The molecule has 0 radical (unpaired) electrons. The molecule has 0 aromatic carbocycles. The van der Waals surface area contributed by atoms with Crippen LogP contribution in [0.2, 0.25) is 0 Å². The molecule has 1 aliphatic heterocycles. The third-order valence-corrected chi connectivity index (χ3v) is 2.85. The molecule has 1 saturated heterocycles. The Balaban J connectivity index is 2.36. The molecule has 104 valence electrons. The first-order chi connectivity index (χ1) is 8.49. The van der Waals surface area contributed by atoms with E-state index in [1.54, 1.807) is 14.0 Å². The van der Waals surface area contributed by atoms with Crippen LogP contribution < -0.4 is 16.4 Å². The Hall–Kier alpha value is -1.18. The van der Waals surface area contributed by atoms with Crippen LogP contribution in [0.4, 0.5) is 0 Å². The van der Waals surface area contributed by atoms with Crippen LogP contribution in [0.1, 0.15) is 13.3 Å². The summed E-state index contributed by atoms with van der Waals surface area (Å²) in [6.45, 7) is 3.11. The number of ether oxygens (including phenoxy) is 2. The zero-order valence-electron chi connectivity index (χ0n) is 10.8. The molecule has 7 nitrogen and oxygen atoms in total. The second kappa shape index (κ2) is 6.67. The number of nitrogens with two attached hydrogens (primary N) is 1. The van der Waals surface area contributed by atoms with Gasteiger partial charge in [-0.05, 0) is 13.3 Å². The van der Waals surface area contributed by atoms with E-state index in [2.05, 4.69) is 10.6 Å². The molecule has 0 bridgehead atoms. The molecule has 0 aromatic rings. The lowest BCUT2D eigenvalue weighted by molar-refractivity contribution is -0.131. The van der Waals surface area contributed by atoms with Gasteiger partial charge in [0.25, 0.3) is 0 Å². The smallest absolute Gasteiger partial charge is 0.243 e. The van der Waals surface area contributed by atoms with Crippen LogP contribution in [-0.4, -0.2) is 56.9 Å². The van der Waals surface area contributed by atoms with E-state index in [-0.39, 0.29) is 18.4 Å². The molecule has 0 aliphatic carbocycles. The molecule has 1 heterocycles. The molecule has 7 heteroatoms. The first-order valence-corrected chi connectivity index (χ1v) is 5.94. The Kier molecular flexibility index (Phi) is 5.52. The summed E-state index contributed by atoms with van der Waals surface area (Å²) >= 11 is 0. The van der Waals surface area contributed by atoms with Crippen molar-refractivity contribution in [1.29, 1.82) is 0 Å². The van der Waals surface area contributed by atoms with Crippen LogP contribution in [0, 0.1) is 0 Å². The molecule has 2 amide bonds. The van der Waals surface area contributed by atoms with Gasteiger partial charge < -0.3 is 25.8 Å².